The molecule has 0 saturated carbocycles. The smallest absolute Gasteiger partial charge is 0.409 e. The summed E-state index contributed by atoms with van der Waals surface area (Å²) in [6.45, 7) is 3.37. The molecule has 28 heavy (non-hydrogen) atoms. The van der Waals surface area contributed by atoms with E-state index >= 15 is 0 Å². The zero-order valence-electron chi connectivity index (χ0n) is 15.5. The first-order valence-corrected chi connectivity index (χ1v) is 9.12. The van der Waals surface area contributed by atoms with Crippen molar-refractivity contribution < 1.29 is 18.7 Å². The Morgan fingerprint density at radius 3 is 2.68 bits per heavy atom. The Kier molecular flexibility index (Phi) is 6.36. The lowest BCUT2D eigenvalue weighted by molar-refractivity contribution is 0.0982. The molecular weight excluding hydrogens is 365 g/mol. The Bertz CT molecular complexity index is 823. The van der Waals surface area contributed by atoms with Crippen LogP contribution in [0.4, 0.5) is 20.7 Å². The van der Waals surface area contributed by atoms with Crippen LogP contribution in [-0.2, 0) is 4.74 Å². The van der Waals surface area contributed by atoms with E-state index in [4.69, 9.17) is 4.74 Å². The Morgan fingerprint density at radius 1 is 1.25 bits per heavy atom. The molecule has 3 rings (SSSR count). The van der Waals surface area contributed by atoms with Crippen molar-refractivity contribution >= 4 is 23.5 Å². The largest absolute Gasteiger partial charge is 0.450 e. The van der Waals surface area contributed by atoms with Crippen LogP contribution in [0.25, 0.3) is 0 Å². The average Bonchev–Trinajstić information content (AvgIpc) is 2.69. The second-order valence-electron chi connectivity index (χ2n) is 6.36. The van der Waals surface area contributed by atoms with E-state index in [0.29, 0.717) is 31.2 Å². The molecule has 0 atom stereocenters. The number of carbonyl (C=O) groups is 2. The summed E-state index contributed by atoms with van der Waals surface area (Å²) in [5, 5.41) is 5.84. The van der Waals surface area contributed by atoms with E-state index in [1.54, 1.807) is 17.9 Å². The van der Waals surface area contributed by atoms with Gasteiger partial charge in [0.05, 0.1) is 19.0 Å². The highest BCUT2D eigenvalue weighted by Crippen LogP contribution is 2.16. The third-order valence-corrected chi connectivity index (χ3v) is 4.34. The normalized spacial score (nSPS) is 14.4. The number of halogens is 1. The second-order valence-corrected chi connectivity index (χ2v) is 6.36. The number of carbonyl (C=O) groups excluding carboxylic acids is 2. The van der Waals surface area contributed by atoms with Crippen molar-refractivity contribution in [2.45, 2.75) is 25.8 Å². The van der Waals surface area contributed by atoms with Crippen LogP contribution in [0.3, 0.4) is 0 Å². The predicted molar refractivity (Wildman–Crippen MR) is 102 cm³/mol. The lowest BCUT2D eigenvalue weighted by Crippen LogP contribution is -2.42. The molecule has 2 heterocycles. The molecule has 0 aliphatic carbocycles. The van der Waals surface area contributed by atoms with Gasteiger partial charge in [0.25, 0.3) is 5.91 Å². The van der Waals surface area contributed by atoms with E-state index in [2.05, 4.69) is 20.6 Å². The maximum atomic E-state index is 13.2. The number of anilines is 2. The number of ether oxygens (including phenoxy) is 1. The summed E-state index contributed by atoms with van der Waals surface area (Å²) >= 11 is 0. The van der Waals surface area contributed by atoms with Gasteiger partial charge in [0.1, 0.15) is 17.3 Å². The monoisotopic (exact) mass is 387 g/mol. The molecule has 148 valence electrons. The van der Waals surface area contributed by atoms with Crippen molar-refractivity contribution in [1.82, 2.24) is 14.9 Å². The van der Waals surface area contributed by atoms with Crippen LogP contribution in [0.1, 0.15) is 30.3 Å². The first-order valence-electron chi connectivity index (χ1n) is 9.12. The van der Waals surface area contributed by atoms with Crippen LogP contribution in [0, 0.1) is 5.82 Å². The SMILES string of the molecule is CCOC(=O)N1CCC(Nc2cnc(C(=O)Nc3cccc(F)c3)cn2)CC1. The predicted octanol–water partition coefficient (Wildman–Crippen LogP) is 2.90. The molecule has 1 saturated heterocycles. The maximum absolute atomic E-state index is 13.2. The van der Waals surface area contributed by atoms with Crippen LogP contribution in [0.5, 0.6) is 0 Å². The highest BCUT2D eigenvalue weighted by molar-refractivity contribution is 6.02. The summed E-state index contributed by atoms with van der Waals surface area (Å²) in [5.41, 5.74) is 0.481. The summed E-state index contributed by atoms with van der Waals surface area (Å²) in [6, 6.07) is 5.79. The molecule has 2 aromatic rings. The molecule has 1 aliphatic heterocycles. The van der Waals surface area contributed by atoms with E-state index in [-0.39, 0.29) is 17.8 Å². The number of aromatic nitrogens is 2. The molecule has 2 amide bonds. The van der Waals surface area contributed by atoms with Gasteiger partial charge in [-0.25, -0.2) is 19.2 Å². The van der Waals surface area contributed by atoms with Gasteiger partial charge in [-0.15, -0.1) is 0 Å². The number of hydrogen-bond donors (Lipinski definition) is 2. The summed E-state index contributed by atoms with van der Waals surface area (Å²) < 4.78 is 18.2. The highest BCUT2D eigenvalue weighted by Gasteiger charge is 2.23. The van der Waals surface area contributed by atoms with E-state index in [0.717, 1.165) is 12.8 Å². The molecule has 0 radical (unpaired) electrons. The van der Waals surface area contributed by atoms with Crippen molar-refractivity contribution in [2.24, 2.45) is 0 Å². The van der Waals surface area contributed by atoms with Gasteiger partial charge in [-0.3, -0.25) is 4.79 Å². The molecule has 8 nitrogen and oxygen atoms in total. The summed E-state index contributed by atoms with van der Waals surface area (Å²) in [5.74, 6) is -0.346. The molecule has 1 aliphatic rings. The number of piperidine rings is 1. The van der Waals surface area contributed by atoms with Crippen LogP contribution < -0.4 is 10.6 Å². The molecule has 0 bridgehead atoms. The highest BCUT2D eigenvalue weighted by atomic mass is 19.1. The van der Waals surface area contributed by atoms with E-state index in [1.807, 2.05) is 0 Å². The van der Waals surface area contributed by atoms with Gasteiger partial charge in [-0.1, -0.05) is 6.07 Å². The summed E-state index contributed by atoms with van der Waals surface area (Å²) in [7, 11) is 0. The van der Waals surface area contributed by atoms with E-state index in [1.165, 1.54) is 30.6 Å². The van der Waals surface area contributed by atoms with Crippen molar-refractivity contribution in [2.75, 3.05) is 30.3 Å². The fourth-order valence-electron chi connectivity index (χ4n) is 2.91. The van der Waals surface area contributed by atoms with Gasteiger partial charge in [-0.2, -0.15) is 0 Å². The number of benzene rings is 1. The van der Waals surface area contributed by atoms with Crippen molar-refractivity contribution in [1.29, 1.82) is 0 Å². The van der Waals surface area contributed by atoms with E-state index < -0.39 is 11.7 Å². The Morgan fingerprint density at radius 2 is 2.04 bits per heavy atom. The number of likely N-dealkylation sites (tertiary alicyclic amines) is 1. The van der Waals surface area contributed by atoms with Gasteiger partial charge in [0, 0.05) is 24.8 Å². The number of nitrogens with one attached hydrogen (secondary N) is 2. The van der Waals surface area contributed by atoms with Gasteiger partial charge >= 0.3 is 6.09 Å². The number of amides is 2. The molecule has 9 heteroatoms. The van der Waals surface area contributed by atoms with Gasteiger partial charge in [-0.05, 0) is 38.0 Å². The minimum absolute atomic E-state index is 0.131. The maximum Gasteiger partial charge on any atom is 0.409 e. The van der Waals surface area contributed by atoms with Gasteiger partial charge in [0.15, 0.2) is 0 Å². The zero-order chi connectivity index (χ0) is 19.9. The van der Waals surface area contributed by atoms with Crippen molar-refractivity contribution in [3.05, 3.63) is 48.2 Å². The van der Waals surface area contributed by atoms with E-state index in [9.17, 15) is 14.0 Å². The van der Waals surface area contributed by atoms with Crippen LogP contribution in [0.2, 0.25) is 0 Å². The number of nitrogens with zero attached hydrogens (tertiary/aromatic N) is 3. The fraction of sp³-hybridized carbons (Fsp3) is 0.368. The minimum Gasteiger partial charge on any atom is -0.450 e. The molecule has 1 aromatic carbocycles. The first kappa shape index (κ1) is 19.5. The van der Waals surface area contributed by atoms with Gasteiger partial charge in [0.2, 0.25) is 0 Å². The molecule has 1 aromatic heterocycles. The quantitative estimate of drug-likeness (QED) is 0.819. The van der Waals surface area contributed by atoms with Crippen LogP contribution >= 0.6 is 0 Å². The first-order chi connectivity index (χ1) is 13.5. The van der Waals surface area contributed by atoms with Gasteiger partial charge < -0.3 is 20.3 Å². The average molecular weight is 387 g/mol. The minimum atomic E-state index is -0.465. The standard InChI is InChI=1S/C19H22FN5O3/c1-2-28-19(27)25-8-6-14(7-9-25)23-17-12-21-16(11-22-17)18(26)24-15-5-3-4-13(20)10-15/h3-5,10-12,14H,2,6-9H2,1H3,(H,22,23)(H,24,26). The molecule has 0 unspecified atom stereocenters. The van der Waals surface area contributed by atoms with Crippen molar-refractivity contribution in [3.63, 3.8) is 0 Å². The Hall–Kier alpha value is -3.23. The molecular formula is C19H22FN5O3. The Labute approximate surface area is 162 Å². The summed E-state index contributed by atoms with van der Waals surface area (Å²) in [6.07, 6.45) is 4.10. The molecule has 1 fully saturated rings. The lowest BCUT2D eigenvalue weighted by atomic mass is 10.1. The topological polar surface area (TPSA) is 96.5 Å². The lowest BCUT2D eigenvalue weighted by Gasteiger charge is -2.31. The summed E-state index contributed by atoms with van der Waals surface area (Å²) in [4.78, 5) is 33.9. The van der Waals surface area contributed by atoms with Crippen LogP contribution in [0.15, 0.2) is 36.7 Å². The van der Waals surface area contributed by atoms with Crippen LogP contribution in [-0.4, -0.2) is 52.6 Å². The molecule has 2 N–H and O–H groups in total. The molecule has 0 spiro atoms. The second kappa shape index (κ2) is 9.12. The number of rotatable bonds is 5. The Balaban J connectivity index is 1.51. The zero-order valence-corrected chi connectivity index (χ0v) is 15.5. The fourth-order valence-corrected chi connectivity index (χ4v) is 2.91. The third kappa shape index (κ3) is 5.15. The third-order valence-electron chi connectivity index (χ3n) is 4.34. The van der Waals surface area contributed by atoms with Crippen molar-refractivity contribution in [3.8, 4) is 0 Å². The number of hydrogen-bond acceptors (Lipinski definition) is 6.